The minimum Gasteiger partial charge on any atom is -0.487 e. The van der Waals surface area contributed by atoms with Crippen molar-refractivity contribution >= 4 is 88.1 Å². The highest BCUT2D eigenvalue weighted by atomic mass is 35.5. The lowest BCUT2D eigenvalue weighted by Gasteiger charge is -2.27. The molecule has 0 aliphatic heterocycles. The van der Waals surface area contributed by atoms with E-state index in [0.717, 1.165) is 16.6 Å². The standard InChI is InChI=1S/C32H34Cl2N6O4.2ClH/c1-6-40(38(3)4)31(42)22-10-7-11-23(17-22)37-32(43)35-18-28(41)39(5)26-16-15-25(33)24(29(26)34)19-44-27-12-8-9-21-14-13-20(2)36-30(21)27;;/h7-17H,6,18-19H2,1-5H3,(H2,35,37,43);2*1H. The molecule has 246 valence electrons. The molecule has 4 aromatic rings. The summed E-state index contributed by atoms with van der Waals surface area (Å²) in [5.41, 5.74) is 3.32. The molecule has 0 spiro atoms. The molecular formula is C32H36Cl4N6O4. The zero-order valence-corrected chi connectivity index (χ0v) is 29.1. The van der Waals surface area contributed by atoms with Crippen molar-refractivity contribution in [1.29, 1.82) is 0 Å². The summed E-state index contributed by atoms with van der Waals surface area (Å²) in [7, 11) is 5.11. The molecule has 1 heterocycles. The lowest BCUT2D eigenvalue weighted by Crippen LogP contribution is -2.41. The van der Waals surface area contributed by atoms with Crippen LogP contribution in [0.2, 0.25) is 10.0 Å². The highest BCUT2D eigenvalue weighted by Crippen LogP contribution is 2.35. The predicted molar refractivity (Wildman–Crippen MR) is 189 cm³/mol. The molecule has 0 saturated carbocycles. The average Bonchev–Trinajstić information content (AvgIpc) is 2.99. The van der Waals surface area contributed by atoms with Crippen LogP contribution in [0.3, 0.4) is 0 Å². The van der Waals surface area contributed by atoms with Gasteiger partial charge in [-0.15, -0.1) is 24.8 Å². The van der Waals surface area contributed by atoms with Gasteiger partial charge in [-0.2, -0.15) is 0 Å². The van der Waals surface area contributed by atoms with Crippen molar-refractivity contribution in [3.05, 3.63) is 93.6 Å². The first kappa shape index (κ1) is 38.4. The third kappa shape index (κ3) is 9.14. The van der Waals surface area contributed by atoms with E-state index in [9.17, 15) is 14.4 Å². The average molecular weight is 710 g/mol. The van der Waals surface area contributed by atoms with Gasteiger partial charge in [0.15, 0.2) is 0 Å². The Labute approximate surface area is 290 Å². The number of nitrogens with one attached hydrogen (secondary N) is 2. The first-order valence-corrected chi connectivity index (χ1v) is 14.6. The molecule has 14 heteroatoms. The van der Waals surface area contributed by atoms with Crippen molar-refractivity contribution in [1.82, 2.24) is 20.3 Å². The van der Waals surface area contributed by atoms with Gasteiger partial charge in [0.1, 0.15) is 17.9 Å². The summed E-state index contributed by atoms with van der Waals surface area (Å²) in [6.45, 7) is 4.02. The molecular weight excluding hydrogens is 674 g/mol. The summed E-state index contributed by atoms with van der Waals surface area (Å²) < 4.78 is 6.08. The Bertz CT molecular complexity index is 1710. The van der Waals surface area contributed by atoms with Gasteiger partial charge in [-0.25, -0.2) is 14.8 Å². The number of likely N-dealkylation sites (N-methyl/N-ethyl adjacent to an activating group) is 1. The van der Waals surface area contributed by atoms with Gasteiger partial charge in [0.2, 0.25) is 5.91 Å². The second-order valence-electron chi connectivity index (χ2n) is 10.1. The smallest absolute Gasteiger partial charge is 0.319 e. The van der Waals surface area contributed by atoms with E-state index in [1.165, 1.54) is 4.90 Å². The number of ether oxygens (including phenoxy) is 1. The van der Waals surface area contributed by atoms with E-state index in [1.807, 2.05) is 44.2 Å². The summed E-state index contributed by atoms with van der Waals surface area (Å²) >= 11 is 13.2. The van der Waals surface area contributed by atoms with Gasteiger partial charge in [-0.1, -0.05) is 47.5 Å². The maximum absolute atomic E-state index is 13.0. The van der Waals surface area contributed by atoms with E-state index in [2.05, 4.69) is 15.6 Å². The van der Waals surface area contributed by atoms with Crippen molar-refractivity contribution < 1.29 is 19.1 Å². The second-order valence-corrected chi connectivity index (χ2v) is 10.9. The van der Waals surface area contributed by atoms with Crippen molar-refractivity contribution in [2.45, 2.75) is 20.5 Å². The van der Waals surface area contributed by atoms with Gasteiger partial charge in [-0.05, 0) is 56.3 Å². The van der Waals surface area contributed by atoms with Gasteiger partial charge < -0.3 is 20.3 Å². The summed E-state index contributed by atoms with van der Waals surface area (Å²) in [4.78, 5) is 44.3. The van der Waals surface area contributed by atoms with Crippen LogP contribution < -0.4 is 20.3 Å². The molecule has 4 rings (SSSR count). The van der Waals surface area contributed by atoms with Crippen LogP contribution in [-0.2, 0) is 11.4 Å². The topological polar surface area (TPSA) is 107 Å². The van der Waals surface area contributed by atoms with Gasteiger partial charge in [0.25, 0.3) is 5.91 Å². The van der Waals surface area contributed by atoms with Crippen molar-refractivity contribution in [3.63, 3.8) is 0 Å². The molecule has 2 N–H and O–H groups in total. The summed E-state index contributed by atoms with van der Waals surface area (Å²) in [6, 6.07) is 18.8. The molecule has 0 aliphatic carbocycles. The largest absolute Gasteiger partial charge is 0.487 e. The first-order valence-electron chi connectivity index (χ1n) is 13.9. The van der Waals surface area contributed by atoms with Crippen molar-refractivity contribution in [2.24, 2.45) is 0 Å². The number of para-hydroxylation sites is 1. The van der Waals surface area contributed by atoms with E-state index in [1.54, 1.807) is 67.6 Å². The molecule has 0 aliphatic rings. The number of pyridine rings is 1. The number of aromatic nitrogens is 1. The summed E-state index contributed by atoms with van der Waals surface area (Å²) in [6.07, 6.45) is 0. The lowest BCUT2D eigenvalue weighted by atomic mass is 10.1. The molecule has 1 aromatic heterocycles. The molecule has 0 bridgehead atoms. The van der Waals surface area contributed by atoms with Crippen LogP contribution in [0.15, 0.2) is 66.7 Å². The van der Waals surface area contributed by atoms with Crippen molar-refractivity contribution in [2.75, 3.05) is 44.4 Å². The Morgan fingerprint density at radius 1 is 0.935 bits per heavy atom. The number of amides is 4. The van der Waals surface area contributed by atoms with Gasteiger partial charge >= 0.3 is 6.03 Å². The highest BCUT2D eigenvalue weighted by Gasteiger charge is 2.20. The highest BCUT2D eigenvalue weighted by molar-refractivity contribution is 6.38. The fraction of sp³-hybridized carbons (Fsp3) is 0.250. The zero-order chi connectivity index (χ0) is 32.0. The summed E-state index contributed by atoms with van der Waals surface area (Å²) in [5, 5.41) is 10.1. The Morgan fingerprint density at radius 2 is 1.65 bits per heavy atom. The molecule has 0 radical (unpaired) electrons. The van der Waals surface area contributed by atoms with E-state index in [-0.39, 0.29) is 48.9 Å². The number of rotatable bonds is 10. The molecule has 4 amide bonds. The Kier molecular flexibility index (Phi) is 14.4. The summed E-state index contributed by atoms with van der Waals surface area (Å²) in [5.74, 6) is -0.0380. The number of hydrazine groups is 1. The van der Waals surface area contributed by atoms with Crippen LogP contribution in [0.4, 0.5) is 16.2 Å². The minimum absolute atomic E-state index is 0. The molecule has 3 aromatic carbocycles. The van der Waals surface area contributed by atoms with E-state index in [4.69, 9.17) is 27.9 Å². The van der Waals surface area contributed by atoms with Crippen LogP contribution in [0, 0.1) is 6.92 Å². The third-order valence-corrected chi connectivity index (χ3v) is 7.66. The molecule has 0 saturated heterocycles. The van der Waals surface area contributed by atoms with Gasteiger partial charge in [0, 0.05) is 60.6 Å². The van der Waals surface area contributed by atoms with Crippen molar-refractivity contribution in [3.8, 4) is 5.75 Å². The number of nitrogens with zero attached hydrogens (tertiary/aromatic N) is 4. The normalized spacial score (nSPS) is 10.4. The number of urea groups is 1. The SMILES string of the molecule is CCN(C(=O)c1cccc(NC(=O)NCC(=O)N(C)c2ccc(Cl)c(COc3cccc4ccc(C)nc34)c2Cl)c1)N(C)C.Cl.Cl. The number of benzene rings is 3. The second kappa shape index (κ2) is 17.2. The number of anilines is 2. The predicted octanol–water partition coefficient (Wildman–Crippen LogP) is 7.00. The van der Waals surface area contributed by atoms with Crippen LogP contribution in [0.1, 0.15) is 28.5 Å². The molecule has 0 atom stereocenters. The first-order chi connectivity index (χ1) is 21.0. The molecule has 10 nitrogen and oxygen atoms in total. The fourth-order valence-electron chi connectivity index (χ4n) is 4.53. The van der Waals surface area contributed by atoms with Crippen LogP contribution in [0.5, 0.6) is 5.75 Å². The van der Waals surface area contributed by atoms with Gasteiger partial charge in [-0.3, -0.25) is 14.6 Å². The number of carbonyl (C=O) groups is 3. The number of hydrogen-bond donors (Lipinski definition) is 2. The van der Waals surface area contributed by atoms with E-state index >= 15 is 0 Å². The monoisotopic (exact) mass is 708 g/mol. The number of aryl methyl sites for hydroxylation is 1. The Balaban J connectivity index is 0.00000368. The number of fused-ring (bicyclic) bond motifs is 1. The van der Waals surface area contributed by atoms with E-state index < -0.39 is 11.9 Å². The molecule has 0 fully saturated rings. The minimum atomic E-state index is -0.605. The maximum atomic E-state index is 13.0. The zero-order valence-electron chi connectivity index (χ0n) is 26.0. The van der Waals surface area contributed by atoms with Gasteiger partial charge in [0.05, 0.1) is 17.3 Å². The number of carbonyl (C=O) groups excluding carboxylic acids is 3. The molecule has 0 unspecified atom stereocenters. The van der Waals surface area contributed by atoms with Crippen LogP contribution in [0.25, 0.3) is 10.9 Å². The third-order valence-electron chi connectivity index (χ3n) is 6.88. The maximum Gasteiger partial charge on any atom is 0.319 e. The lowest BCUT2D eigenvalue weighted by molar-refractivity contribution is -0.117. The van der Waals surface area contributed by atoms with Crippen LogP contribution >= 0.6 is 48.0 Å². The molecule has 46 heavy (non-hydrogen) atoms. The quantitative estimate of drug-likeness (QED) is 0.172. The Hall–Kier alpha value is -3.80. The Morgan fingerprint density at radius 3 is 2.35 bits per heavy atom. The number of hydrogen-bond acceptors (Lipinski definition) is 6. The fourth-order valence-corrected chi connectivity index (χ4v) is 5.14. The van der Waals surface area contributed by atoms with E-state index in [0.29, 0.717) is 39.8 Å². The van der Waals surface area contributed by atoms with Crippen LogP contribution in [-0.4, -0.2) is 67.1 Å². The number of halogens is 4.